The van der Waals surface area contributed by atoms with E-state index in [9.17, 15) is 24.6 Å². The highest BCUT2D eigenvalue weighted by Crippen LogP contribution is 2.53. The van der Waals surface area contributed by atoms with Gasteiger partial charge in [-0.2, -0.15) is 5.06 Å². The molecule has 1 spiro atoms. The van der Waals surface area contributed by atoms with E-state index in [4.69, 9.17) is 14.3 Å². The van der Waals surface area contributed by atoms with Gasteiger partial charge in [0, 0.05) is 30.2 Å². The summed E-state index contributed by atoms with van der Waals surface area (Å²) in [4.78, 5) is 45.5. The summed E-state index contributed by atoms with van der Waals surface area (Å²) in [7, 11) is 1.44. The van der Waals surface area contributed by atoms with Crippen LogP contribution >= 0.6 is 0 Å². The predicted octanol–water partition coefficient (Wildman–Crippen LogP) is 1.30. The molecular weight excluding hydrogens is 504 g/mol. The lowest BCUT2D eigenvalue weighted by Crippen LogP contribution is -2.50. The standard InChI is InChI=1S/C29H34N2O8/c1-4-22(33)16-10-24-28(19-7-5-6-8-21(19)31(37-3)27(28)35)11-20(18(16)13-38-24)30-12-17-25-23(39-26(17)34)9-15(2)29(25,36)14-32/h5-8,10,12,15,18,20,23-25,30,32,36H,4,9,11,13-14H2,1-3H3. The fourth-order valence-electron chi connectivity index (χ4n) is 7.46. The Hall–Kier alpha value is -3.05. The van der Waals surface area contributed by atoms with E-state index < -0.39 is 47.8 Å². The van der Waals surface area contributed by atoms with Crippen LogP contribution in [0.4, 0.5) is 5.69 Å². The number of fused-ring (bicyclic) bond motifs is 4. The van der Waals surface area contributed by atoms with Gasteiger partial charge in [-0.25, -0.2) is 4.79 Å². The summed E-state index contributed by atoms with van der Waals surface area (Å²) >= 11 is 0. The van der Waals surface area contributed by atoms with E-state index in [1.54, 1.807) is 19.2 Å². The minimum absolute atomic E-state index is 0.0215. The normalized spacial score (nSPS) is 39.6. The Morgan fingerprint density at radius 1 is 1.31 bits per heavy atom. The molecule has 10 heteroatoms. The predicted molar refractivity (Wildman–Crippen MR) is 138 cm³/mol. The number of hydrogen-bond acceptors (Lipinski definition) is 9. The number of esters is 1. The first-order chi connectivity index (χ1) is 18.7. The highest BCUT2D eigenvalue weighted by molar-refractivity contribution is 6.08. The Balaban J connectivity index is 1.43. The number of nitrogens with zero attached hydrogens (tertiary/aromatic N) is 1. The molecular formula is C29H34N2O8. The van der Waals surface area contributed by atoms with Gasteiger partial charge in [0.05, 0.1) is 43.6 Å². The van der Waals surface area contributed by atoms with Crippen LogP contribution in [0, 0.1) is 17.8 Å². The molecule has 3 N–H and O–H groups in total. The summed E-state index contributed by atoms with van der Waals surface area (Å²) in [5.41, 5.74) is -0.403. The lowest BCUT2D eigenvalue weighted by Gasteiger charge is -2.34. The first-order valence-corrected chi connectivity index (χ1v) is 13.6. The molecule has 39 heavy (non-hydrogen) atoms. The van der Waals surface area contributed by atoms with Gasteiger partial charge in [-0.3, -0.25) is 14.4 Å². The van der Waals surface area contributed by atoms with Crippen LogP contribution in [0.5, 0.6) is 0 Å². The number of aliphatic hydroxyl groups excluding tert-OH is 1. The number of hydroxylamine groups is 1. The maximum Gasteiger partial charge on any atom is 0.336 e. The number of ketones is 1. The molecule has 8 unspecified atom stereocenters. The quantitative estimate of drug-likeness (QED) is 0.362. The van der Waals surface area contributed by atoms with Crippen LogP contribution < -0.4 is 10.4 Å². The molecule has 4 heterocycles. The molecule has 1 amide bonds. The molecule has 0 radical (unpaired) electrons. The lowest BCUT2D eigenvalue weighted by molar-refractivity contribution is -0.139. The Labute approximate surface area is 226 Å². The molecule has 7 rings (SSSR count). The molecule has 208 valence electrons. The van der Waals surface area contributed by atoms with Crippen LogP contribution in [0.2, 0.25) is 0 Å². The van der Waals surface area contributed by atoms with Crippen LogP contribution in [0.15, 0.2) is 47.7 Å². The highest BCUT2D eigenvalue weighted by atomic mass is 16.7. The van der Waals surface area contributed by atoms with E-state index in [-0.39, 0.29) is 42.1 Å². The second-order valence-corrected chi connectivity index (χ2v) is 11.3. The molecule has 2 aliphatic carbocycles. The largest absolute Gasteiger partial charge is 0.458 e. The lowest BCUT2D eigenvalue weighted by atomic mass is 9.72. The van der Waals surface area contributed by atoms with E-state index in [0.29, 0.717) is 24.1 Å². The van der Waals surface area contributed by atoms with Crippen molar-refractivity contribution in [2.24, 2.45) is 17.8 Å². The molecule has 6 aliphatic rings. The average molecular weight is 539 g/mol. The number of carbonyl (C=O) groups excluding carboxylic acids is 3. The smallest absolute Gasteiger partial charge is 0.336 e. The van der Waals surface area contributed by atoms with Gasteiger partial charge in [0.15, 0.2) is 5.78 Å². The molecule has 1 saturated carbocycles. The number of anilines is 1. The number of amides is 1. The SMILES string of the molecule is CCC(=O)C1=CC2OCC1C(NC=C1C(=O)OC3CC(C)C(O)(CO)C13)CC21C(=O)N(OC)c2ccccc21. The number of ether oxygens (including phenoxy) is 2. The second-order valence-electron chi connectivity index (χ2n) is 11.3. The fraction of sp³-hybridized carbons (Fsp3) is 0.552. The number of benzene rings is 1. The van der Waals surface area contributed by atoms with E-state index in [1.807, 2.05) is 31.2 Å². The third-order valence-electron chi connectivity index (χ3n) is 9.58. The topological polar surface area (TPSA) is 135 Å². The molecule has 10 nitrogen and oxygen atoms in total. The number of nitrogens with one attached hydrogen (secondary N) is 1. The fourth-order valence-corrected chi connectivity index (χ4v) is 7.46. The van der Waals surface area contributed by atoms with Crippen molar-refractivity contribution in [3.05, 3.63) is 53.3 Å². The number of aliphatic hydroxyl groups is 2. The summed E-state index contributed by atoms with van der Waals surface area (Å²) in [6, 6.07) is 6.94. The van der Waals surface area contributed by atoms with Gasteiger partial charge >= 0.3 is 5.97 Å². The zero-order valence-electron chi connectivity index (χ0n) is 22.3. The maximum absolute atomic E-state index is 14.1. The molecule has 2 saturated heterocycles. The second kappa shape index (κ2) is 9.26. The van der Waals surface area contributed by atoms with Gasteiger partial charge in [0.2, 0.25) is 0 Å². The van der Waals surface area contributed by atoms with E-state index >= 15 is 0 Å². The van der Waals surface area contributed by atoms with Gasteiger partial charge in [-0.15, -0.1) is 0 Å². The van der Waals surface area contributed by atoms with Crippen molar-refractivity contribution < 1.29 is 38.9 Å². The van der Waals surface area contributed by atoms with Gasteiger partial charge in [-0.05, 0) is 36.5 Å². The third-order valence-corrected chi connectivity index (χ3v) is 9.58. The van der Waals surface area contributed by atoms with E-state index in [1.165, 1.54) is 12.2 Å². The summed E-state index contributed by atoms with van der Waals surface area (Å²) in [6.45, 7) is 3.36. The van der Waals surface area contributed by atoms with Crippen LogP contribution in [-0.4, -0.2) is 72.0 Å². The summed E-state index contributed by atoms with van der Waals surface area (Å²) in [6.07, 6.45) is 3.19. The van der Waals surface area contributed by atoms with Gasteiger partial charge < -0.3 is 25.0 Å². The Morgan fingerprint density at radius 2 is 2.08 bits per heavy atom. The molecule has 0 aromatic heterocycles. The summed E-state index contributed by atoms with van der Waals surface area (Å²) in [5.74, 6) is -2.16. The van der Waals surface area contributed by atoms with Crippen molar-refractivity contribution in [2.75, 3.05) is 25.4 Å². The van der Waals surface area contributed by atoms with Crippen molar-refractivity contribution in [1.82, 2.24) is 5.32 Å². The Bertz CT molecular complexity index is 1290. The maximum atomic E-state index is 14.1. The number of rotatable bonds is 6. The minimum atomic E-state index is -1.49. The van der Waals surface area contributed by atoms with Crippen molar-refractivity contribution in [3.8, 4) is 0 Å². The molecule has 3 fully saturated rings. The zero-order chi connectivity index (χ0) is 27.7. The molecule has 8 atom stereocenters. The number of Topliss-reactive ketones (excluding diaryl/α,β-unsaturated/α-hetero) is 1. The van der Waals surface area contributed by atoms with Crippen molar-refractivity contribution in [1.29, 1.82) is 0 Å². The molecule has 2 bridgehead atoms. The van der Waals surface area contributed by atoms with E-state index in [0.717, 1.165) is 5.56 Å². The average Bonchev–Trinajstić information content (AvgIpc) is 3.38. The number of para-hydroxylation sites is 1. The third kappa shape index (κ3) is 3.51. The molecule has 1 aromatic carbocycles. The number of hydrogen-bond donors (Lipinski definition) is 3. The summed E-state index contributed by atoms with van der Waals surface area (Å²) < 4.78 is 11.9. The van der Waals surface area contributed by atoms with Gasteiger partial charge in [0.25, 0.3) is 5.91 Å². The van der Waals surface area contributed by atoms with Gasteiger partial charge in [-0.1, -0.05) is 32.0 Å². The molecule has 4 aliphatic heterocycles. The van der Waals surface area contributed by atoms with Crippen molar-refractivity contribution in [2.45, 2.75) is 62.4 Å². The van der Waals surface area contributed by atoms with E-state index in [2.05, 4.69) is 5.32 Å². The van der Waals surface area contributed by atoms with Crippen LogP contribution in [-0.2, 0) is 34.1 Å². The molecule has 1 aromatic rings. The zero-order valence-corrected chi connectivity index (χ0v) is 22.3. The van der Waals surface area contributed by atoms with Crippen LogP contribution in [0.1, 0.15) is 38.7 Å². The Kier molecular flexibility index (Phi) is 6.22. The van der Waals surface area contributed by atoms with Gasteiger partial charge in [0.1, 0.15) is 17.1 Å². The van der Waals surface area contributed by atoms with Crippen LogP contribution in [0.25, 0.3) is 0 Å². The highest BCUT2D eigenvalue weighted by Gasteiger charge is 2.62. The van der Waals surface area contributed by atoms with Crippen LogP contribution in [0.3, 0.4) is 0 Å². The summed E-state index contributed by atoms with van der Waals surface area (Å²) in [5, 5.41) is 25.9. The Morgan fingerprint density at radius 3 is 2.79 bits per heavy atom. The first kappa shape index (κ1) is 26.2. The van der Waals surface area contributed by atoms with Crippen molar-refractivity contribution >= 4 is 23.3 Å². The monoisotopic (exact) mass is 538 g/mol. The number of carbonyl (C=O) groups is 3. The minimum Gasteiger partial charge on any atom is -0.458 e. The first-order valence-electron chi connectivity index (χ1n) is 13.6. The van der Waals surface area contributed by atoms with Crippen molar-refractivity contribution in [3.63, 3.8) is 0 Å².